The van der Waals surface area contributed by atoms with E-state index in [2.05, 4.69) is 32.3 Å². The van der Waals surface area contributed by atoms with Gasteiger partial charge in [-0.05, 0) is 47.4 Å². The SMILES string of the molecule is Brc1ccc(SC[C@@H]2CCCN2)nc1. The van der Waals surface area contributed by atoms with Crippen LogP contribution in [0.15, 0.2) is 27.8 Å². The summed E-state index contributed by atoms with van der Waals surface area (Å²) in [6.45, 7) is 1.18. The van der Waals surface area contributed by atoms with Crippen molar-refractivity contribution in [3.05, 3.63) is 22.8 Å². The molecule has 14 heavy (non-hydrogen) atoms. The van der Waals surface area contributed by atoms with E-state index in [0.29, 0.717) is 6.04 Å². The third-order valence-electron chi connectivity index (χ3n) is 2.30. The normalized spacial score (nSPS) is 21.4. The van der Waals surface area contributed by atoms with E-state index in [-0.39, 0.29) is 0 Å². The summed E-state index contributed by atoms with van der Waals surface area (Å²) in [5.74, 6) is 1.13. The van der Waals surface area contributed by atoms with Crippen LogP contribution in [0.5, 0.6) is 0 Å². The molecule has 1 aromatic rings. The molecule has 0 aliphatic carbocycles. The average molecular weight is 273 g/mol. The Morgan fingerprint density at radius 3 is 3.14 bits per heavy atom. The molecular weight excluding hydrogens is 260 g/mol. The van der Waals surface area contributed by atoms with Crippen molar-refractivity contribution < 1.29 is 0 Å². The highest BCUT2D eigenvalue weighted by atomic mass is 79.9. The van der Waals surface area contributed by atoms with Gasteiger partial charge in [-0.2, -0.15) is 0 Å². The second-order valence-electron chi connectivity index (χ2n) is 3.42. The van der Waals surface area contributed by atoms with Crippen LogP contribution in [0, 0.1) is 0 Å². The van der Waals surface area contributed by atoms with Crippen molar-refractivity contribution in [2.45, 2.75) is 23.9 Å². The highest BCUT2D eigenvalue weighted by Crippen LogP contribution is 2.20. The van der Waals surface area contributed by atoms with E-state index in [1.165, 1.54) is 19.4 Å². The maximum atomic E-state index is 4.33. The zero-order valence-corrected chi connectivity index (χ0v) is 10.3. The number of nitrogens with one attached hydrogen (secondary N) is 1. The lowest BCUT2D eigenvalue weighted by molar-refractivity contribution is 0.673. The van der Waals surface area contributed by atoms with Gasteiger partial charge in [-0.25, -0.2) is 4.98 Å². The van der Waals surface area contributed by atoms with Gasteiger partial charge in [-0.1, -0.05) is 0 Å². The first kappa shape index (κ1) is 10.5. The molecule has 0 radical (unpaired) electrons. The monoisotopic (exact) mass is 272 g/mol. The van der Waals surface area contributed by atoms with E-state index in [9.17, 15) is 0 Å². The molecule has 1 aliphatic heterocycles. The molecular formula is C10H13BrN2S. The summed E-state index contributed by atoms with van der Waals surface area (Å²) in [4.78, 5) is 4.33. The third-order valence-corrected chi connectivity index (χ3v) is 3.87. The molecule has 0 spiro atoms. The summed E-state index contributed by atoms with van der Waals surface area (Å²) >= 11 is 5.21. The summed E-state index contributed by atoms with van der Waals surface area (Å²) in [5, 5.41) is 4.59. The summed E-state index contributed by atoms with van der Waals surface area (Å²) in [5.41, 5.74) is 0. The highest BCUT2D eigenvalue weighted by Gasteiger charge is 2.13. The maximum Gasteiger partial charge on any atom is 0.0961 e. The van der Waals surface area contributed by atoms with Crippen molar-refractivity contribution in [1.82, 2.24) is 10.3 Å². The molecule has 0 aromatic carbocycles. The van der Waals surface area contributed by atoms with Crippen molar-refractivity contribution >= 4 is 27.7 Å². The van der Waals surface area contributed by atoms with Crippen molar-refractivity contribution in [2.75, 3.05) is 12.3 Å². The van der Waals surface area contributed by atoms with Crippen LogP contribution >= 0.6 is 27.7 Å². The fourth-order valence-corrected chi connectivity index (χ4v) is 2.72. The molecule has 4 heteroatoms. The number of halogens is 1. The minimum Gasteiger partial charge on any atom is -0.313 e. The molecule has 0 amide bonds. The van der Waals surface area contributed by atoms with Crippen LogP contribution in [0.4, 0.5) is 0 Å². The van der Waals surface area contributed by atoms with Crippen molar-refractivity contribution in [3.63, 3.8) is 0 Å². The van der Waals surface area contributed by atoms with Crippen LogP contribution in [0.2, 0.25) is 0 Å². The second kappa shape index (κ2) is 5.14. The maximum absolute atomic E-state index is 4.33. The van der Waals surface area contributed by atoms with Gasteiger partial charge < -0.3 is 5.32 Å². The third kappa shape index (κ3) is 2.97. The predicted molar refractivity (Wildman–Crippen MR) is 63.7 cm³/mol. The first-order chi connectivity index (χ1) is 6.84. The molecule has 1 atom stereocenters. The van der Waals surface area contributed by atoms with E-state index >= 15 is 0 Å². The van der Waals surface area contributed by atoms with E-state index in [4.69, 9.17) is 0 Å². The van der Waals surface area contributed by atoms with Gasteiger partial charge in [-0.3, -0.25) is 0 Å². The summed E-state index contributed by atoms with van der Waals surface area (Å²) in [6.07, 6.45) is 4.48. The van der Waals surface area contributed by atoms with Crippen LogP contribution in [-0.2, 0) is 0 Å². The van der Waals surface area contributed by atoms with Crippen LogP contribution in [0.1, 0.15) is 12.8 Å². The molecule has 0 bridgehead atoms. The fourth-order valence-electron chi connectivity index (χ4n) is 1.53. The molecule has 1 aliphatic rings. The number of hydrogen-bond donors (Lipinski definition) is 1. The Kier molecular flexibility index (Phi) is 3.84. The number of rotatable bonds is 3. The predicted octanol–water partition coefficient (Wildman–Crippen LogP) is 2.69. The molecule has 2 heterocycles. The minimum atomic E-state index is 0.686. The largest absolute Gasteiger partial charge is 0.313 e. The lowest BCUT2D eigenvalue weighted by Crippen LogP contribution is -2.23. The van der Waals surface area contributed by atoms with Crippen molar-refractivity contribution in [2.24, 2.45) is 0 Å². The molecule has 0 saturated carbocycles. The first-order valence-corrected chi connectivity index (χ1v) is 6.60. The van der Waals surface area contributed by atoms with Crippen LogP contribution in [-0.4, -0.2) is 23.3 Å². The molecule has 76 valence electrons. The molecule has 1 aromatic heterocycles. The van der Waals surface area contributed by atoms with Gasteiger partial charge in [0.25, 0.3) is 0 Å². The Morgan fingerprint density at radius 2 is 2.50 bits per heavy atom. The molecule has 1 saturated heterocycles. The zero-order chi connectivity index (χ0) is 9.80. The van der Waals surface area contributed by atoms with E-state index in [1.54, 1.807) is 0 Å². The van der Waals surface area contributed by atoms with Crippen molar-refractivity contribution in [1.29, 1.82) is 0 Å². The van der Waals surface area contributed by atoms with Gasteiger partial charge in [0.05, 0.1) is 5.03 Å². The molecule has 0 unspecified atom stereocenters. The average Bonchev–Trinajstić information content (AvgIpc) is 2.70. The number of pyridine rings is 1. The van der Waals surface area contributed by atoms with Gasteiger partial charge in [0.15, 0.2) is 0 Å². The van der Waals surface area contributed by atoms with Crippen LogP contribution in [0.25, 0.3) is 0 Å². The summed E-state index contributed by atoms with van der Waals surface area (Å²) in [6, 6.07) is 4.78. The number of nitrogens with zero attached hydrogens (tertiary/aromatic N) is 1. The smallest absolute Gasteiger partial charge is 0.0961 e. The molecule has 1 N–H and O–H groups in total. The van der Waals surface area contributed by atoms with Crippen LogP contribution < -0.4 is 5.32 Å². The van der Waals surface area contributed by atoms with Gasteiger partial charge in [0.1, 0.15) is 0 Å². The van der Waals surface area contributed by atoms with Gasteiger partial charge in [-0.15, -0.1) is 11.8 Å². The Balaban J connectivity index is 1.82. The lowest BCUT2D eigenvalue weighted by Gasteiger charge is -2.08. The first-order valence-electron chi connectivity index (χ1n) is 4.82. The van der Waals surface area contributed by atoms with Gasteiger partial charge >= 0.3 is 0 Å². The van der Waals surface area contributed by atoms with Crippen molar-refractivity contribution in [3.8, 4) is 0 Å². The zero-order valence-electron chi connectivity index (χ0n) is 7.87. The molecule has 2 nitrogen and oxygen atoms in total. The Labute approximate surface area is 97.0 Å². The van der Waals surface area contributed by atoms with Crippen LogP contribution in [0.3, 0.4) is 0 Å². The number of hydrogen-bond acceptors (Lipinski definition) is 3. The Bertz CT molecular complexity index is 283. The molecule has 1 fully saturated rings. The fraction of sp³-hybridized carbons (Fsp3) is 0.500. The summed E-state index contributed by atoms with van der Waals surface area (Å²) < 4.78 is 1.04. The second-order valence-corrected chi connectivity index (χ2v) is 5.37. The minimum absolute atomic E-state index is 0.686. The molecule has 2 rings (SSSR count). The Morgan fingerprint density at radius 1 is 1.57 bits per heavy atom. The number of aromatic nitrogens is 1. The standard InChI is InChI=1S/C10H13BrN2S/c11-8-3-4-10(13-6-8)14-7-9-2-1-5-12-9/h3-4,6,9,12H,1-2,5,7H2/t9-/m0/s1. The highest BCUT2D eigenvalue weighted by molar-refractivity contribution is 9.10. The van der Waals surface area contributed by atoms with Gasteiger partial charge in [0, 0.05) is 22.5 Å². The lowest BCUT2D eigenvalue weighted by atomic mass is 10.3. The van der Waals surface area contributed by atoms with E-state index in [0.717, 1.165) is 15.3 Å². The van der Waals surface area contributed by atoms with E-state index < -0.39 is 0 Å². The quantitative estimate of drug-likeness (QED) is 0.857. The van der Waals surface area contributed by atoms with Gasteiger partial charge in [0.2, 0.25) is 0 Å². The Hall–Kier alpha value is -0.0600. The summed E-state index contributed by atoms with van der Waals surface area (Å²) in [7, 11) is 0. The van der Waals surface area contributed by atoms with E-state index in [1.807, 2.05) is 24.0 Å². The number of thioether (sulfide) groups is 1. The topological polar surface area (TPSA) is 24.9 Å².